The van der Waals surface area contributed by atoms with E-state index in [1.165, 1.54) is 13.2 Å². The molecule has 1 aromatic carbocycles. The third-order valence-corrected chi connectivity index (χ3v) is 1.73. The van der Waals surface area contributed by atoms with Crippen LogP contribution in [-0.2, 0) is 9.53 Å². The van der Waals surface area contributed by atoms with E-state index in [9.17, 15) is 9.18 Å². The van der Waals surface area contributed by atoms with Crippen molar-refractivity contribution >= 4 is 11.6 Å². The van der Waals surface area contributed by atoms with Gasteiger partial charge in [0.25, 0.3) is 0 Å². The number of rotatable bonds is 3. The molecule has 1 N–H and O–H groups in total. The lowest BCUT2D eigenvalue weighted by molar-refractivity contribution is -0.119. The van der Waals surface area contributed by atoms with E-state index < -0.39 is 0 Å². The second-order valence-electron chi connectivity index (χ2n) is 2.95. The number of aryl methyl sites for hydroxylation is 1. The first-order valence-electron chi connectivity index (χ1n) is 4.18. The summed E-state index contributed by atoms with van der Waals surface area (Å²) in [6.45, 7) is 1.63. The molecule has 1 amide bonds. The fourth-order valence-corrected chi connectivity index (χ4v) is 0.999. The highest BCUT2D eigenvalue weighted by Crippen LogP contribution is 2.13. The second kappa shape index (κ2) is 4.72. The number of carbonyl (C=O) groups is 1. The molecule has 4 heteroatoms. The second-order valence-corrected chi connectivity index (χ2v) is 2.95. The Morgan fingerprint density at radius 2 is 2.29 bits per heavy atom. The van der Waals surface area contributed by atoms with Crippen molar-refractivity contribution in [1.29, 1.82) is 0 Å². The van der Waals surface area contributed by atoms with Crippen LogP contribution < -0.4 is 5.32 Å². The normalized spacial score (nSPS) is 9.93. The summed E-state index contributed by atoms with van der Waals surface area (Å²) in [5.74, 6) is -0.629. The molecule has 14 heavy (non-hydrogen) atoms. The lowest BCUT2D eigenvalue weighted by atomic mass is 10.2. The summed E-state index contributed by atoms with van der Waals surface area (Å²) < 4.78 is 17.7. The van der Waals surface area contributed by atoms with Gasteiger partial charge >= 0.3 is 0 Å². The fourth-order valence-electron chi connectivity index (χ4n) is 0.999. The Morgan fingerprint density at radius 1 is 1.57 bits per heavy atom. The molecule has 0 unspecified atom stereocenters. The number of hydrogen-bond donors (Lipinski definition) is 1. The van der Waals surface area contributed by atoms with Crippen molar-refractivity contribution < 1.29 is 13.9 Å². The van der Waals surface area contributed by atoms with E-state index in [0.717, 1.165) is 0 Å². The third-order valence-electron chi connectivity index (χ3n) is 1.73. The largest absolute Gasteiger partial charge is 0.375 e. The highest BCUT2D eigenvalue weighted by Gasteiger charge is 2.03. The van der Waals surface area contributed by atoms with Crippen LogP contribution in [0.3, 0.4) is 0 Å². The predicted octanol–water partition coefficient (Wildman–Crippen LogP) is 1.72. The van der Waals surface area contributed by atoms with Crippen LogP contribution in [0.2, 0.25) is 0 Å². The Bertz CT molecular complexity index is 339. The minimum Gasteiger partial charge on any atom is -0.375 e. The summed E-state index contributed by atoms with van der Waals surface area (Å²) in [5.41, 5.74) is 0.991. The van der Waals surface area contributed by atoms with Crippen LogP contribution in [0, 0.1) is 12.7 Å². The van der Waals surface area contributed by atoms with Crippen LogP contribution in [0.5, 0.6) is 0 Å². The van der Waals surface area contributed by atoms with Crippen LogP contribution in [0.25, 0.3) is 0 Å². The number of amides is 1. The van der Waals surface area contributed by atoms with E-state index in [-0.39, 0.29) is 18.3 Å². The van der Waals surface area contributed by atoms with Gasteiger partial charge in [0, 0.05) is 12.8 Å². The fraction of sp³-hybridized carbons (Fsp3) is 0.300. The molecule has 0 bridgehead atoms. The van der Waals surface area contributed by atoms with Crippen molar-refractivity contribution in [2.24, 2.45) is 0 Å². The SMILES string of the molecule is COCC(=O)Nc1ccc(C)c(F)c1. The summed E-state index contributed by atoms with van der Waals surface area (Å²) >= 11 is 0. The molecular weight excluding hydrogens is 185 g/mol. The molecule has 0 aromatic heterocycles. The Balaban J connectivity index is 2.68. The summed E-state index contributed by atoms with van der Waals surface area (Å²) in [6, 6.07) is 4.53. The van der Waals surface area contributed by atoms with Gasteiger partial charge in [-0.25, -0.2) is 4.39 Å². The Kier molecular flexibility index (Phi) is 3.59. The van der Waals surface area contributed by atoms with E-state index >= 15 is 0 Å². The molecule has 0 aliphatic heterocycles. The van der Waals surface area contributed by atoms with E-state index in [1.54, 1.807) is 19.1 Å². The Labute approximate surface area is 81.9 Å². The van der Waals surface area contributed by atoms with Crippen molar-refractivity contribution in [1.82, 2.24) is 0 Å². The van der Waals surface area contributed by atoms with E-state index in [1.807, 2.05) is 0 Å². The molecule has 0 fully saturated rings. The molecule has 0 aliphatic rings. The van der Waals surface area contributed by atoms with Gasteiger partial charge in [-0.3, -0.25) is 4.79 Å². The van der Waals surface area contributed by atoms with Gasteiger partial charge in [0.05, 0.1) is 0 Å². The monoisotopic (exact) mass is 197 g/mol. The Morgan fingerprint density at radius 3 is 2.86 bits per heavy atom. The molecule has 1 rings (SSSR count). The summed E-state index contributed by atoms with van der Waals surface area (Å²) in [6.07, 6.45) is 0. The number of benzene rings is 1. The number of carbonyl (C=O) groups excluding carboxylic acids is 1. The topological polar surface area (TPSA) is 38.3 Å². The molecule has 0 radical (unpaired) electrons. The van der Waals surface area contributed by atoms with Crippen LogP contribution in [0.1, 0.15) is 5.56 Å². The molecule has 1 aromatic rings. The molecule has 0 atom stereocenters. The van der Waals surface area contributed by atoms with Gasteiger partial charge in [-0.2, -0.15) is 0 Å². The van der Waals surface area contributed by atoms with Crippen molar-refractivity contribution in [3.63, 3.8) is 0 Å². The number of anilines is 1. The quantitative estimate of drug-likeness (QED) is 0.801. The van der Waals surface area contributed by atoms with Crippen molar-refractivity contribution in [3.05, 3.63) is 29.6 Å². The highest BCUT2D eigenvalue weighted by atomic mass is 19.1. The molecular formula is C10H12FNO2. The average molecular weight is 197 g/mol. The first-order valence-corrected chi connectivity index (χ1v) is 4.18. The zero-order chi connectivity index (χ0) is 10.6. The van der Waals surface area contributed by atoms with E-state index in [2.05, 4.69) is 10.1 Å². The molecule has 76 valence electrons. The van der Waals surface area contributed by atoms with Crippen LogP contribution in [0.4, 0.5) is 10.1 Å². The van der Waals surface area contributed by atoms with Gasteiger partial charge < -0.3 is 10.1 Å². The predicted molar refractivity (Wildman–Crippen MR) is 51.6 cm³/mol. The smallest absolute Gasteiger partial charge is 0.250 e. The summed E-state index contributed by atoms with van der Waals surface area (Å²) in [4.78, 5) is 11.1. The Hall–Kier alpha value is -1.42. The van der Waals surface area contributed by atoms with Gasteiger partial charge in [-0.1, -0.05) is 6.07 Å². The lowest BCUT2D eigenvalue weighted by Crippen LogP contribution is -2.17. The molecule has 0 saturated heterocycles. The molecule has 0 aliphatic carbocycles. The maximum Gasteiger partial charge on any atom is 0.250 e. The highest BCUT2D eigenvalue weighted by molar-refractivity contribution is 5.91. The molecule has 3 nitrogen and oxygen atoms in total. The number of methoxy groups -OCH3 is 1. The molecule has 0 heterocycles. The van der Waals surface area contributed by atoms with E-state index in [0.29, 0.717) is 11.3 Å². The van der Waals surface area contributed by atoms with Crippen LogP contribution in [-0.4, -0.2) is 19.6 Å². The van der Waals surface area contributed by atoms with Gasteiger partial charge in [0.2, 0.25) is 5.91 Å². The molecule has 0 saturated carbocycles. The minimum absolute atomic E-state index is 0.0322. The first kappa shape index (κ1) is 10.7. The maximum atomic E-state index is 13.0. The number of halogens is 1. The molecule has 0 spiro atoms. The number of hydrogen-bond acceptors (Lipinski definition) is 2. The van der Waals surface area contributed by atoms with Crippen molar-refractivity contribution in [2.45, 2.75) is 6.92 Å². The average Bonchev–Trinajstić information content (AvgIpc) is 2.12. The van der Waals surface area contributed by atoms with E-state index in [4.69, 9.17) is 0 Å². The number of ether oxygens (including phenoxy) is 1. The van der Waals surface area contributed by atoms with Gasteiger partial charge in [-0.05, 0) is 24.6 Å². The van der Waals surface area contributed by atoms with Gasteiger partial charge in [-0.15, -0.1) is 0 Å². The summed E-state index contributed by atoms with van der Waals surface area (Å²) in [7, 11) is 1.43. The van der Waals surface area contributed by atoms with Crippen molar-refractivity contribution in [2.75, 3.05) is 19.0 Å². The lowest BCUT2D eigenvalue weighted by Gasteiger charge is -2.05. The first-order chi connectivity index (χ1) is 6.63. The van der Waals surface area contributed by atoms with Crippen molar-refractivity contribution in [3.8, 4) is 0 Å². The zero-order valence-electron chi connectivity index (χ0n) is 8.13. The van der Waals surface area contributed by atoms with Crippen LogP contribution in [0.15, 0.2) is 18.2 Å². The maximum absolute atomic E-state index is 13.0. The van der Waals surface area contributed by atoms with Crippen LogP contribution >= 0.6 is 0 Å². The summed E-state index contributed by atoms with van der Waals surface area (Å²) in [5, 5.41) is 2.51. The zero-order valence-corrected chi connectivity index (χ0v) is 8.13. The standard InChI is InChI=1S/C10H12FNO2/c1-7-3-4-8(5-9(7)11)12-10(13)6-14-2/h3-5H,6H2,1-2H3,(H,12,13). The third kappa shape index (κ3) is 2.81. The number of nitrogens with one attached hydrogen (secondary N) is 1. The van der Waals surface area contributed by atoms with Gasteiger partial charge in [0.15, 0.2) is 0 Å². The minimum atomic E-state index is -0.333. The van der Waals surface area contributed by atoms with Gasteiger partial charge in [0.1, 0.15) is 12.4 Å².